The molecule has 0 spiro atoms. The van der Waals surface area contributed by atoms with Gasteiger partial charge in [0.15, 0.2) is 0 Å². The number of carbonyl (C=O) groups is 3. The lowest BCUT2D eigenvalue weighted by Crippen LogP contribution is -2.38. The van der Waals surface area contributed by atoms with Crippen LogP contribution in [-0.2, 0) is 14.3 Å². The minimum atomic E-state index is -0.211. The smallest absolute Gasteiger partial charge is 0.320 e. The van der Waals surface area contributed by atoms with E-state index in [9.17, 15) is 14.4 Å². The van der Waals surface area contributed by atoms with Gasteiger partial charge in [0.25, 0.3) is 5.24 Å². The molecule has 0 aromatic heterocycles. The fraction of sp³-hybridized carbons (Fsp3) is 0.800. The molecule has 0 aromatic rings. The van der Waals surface area contributed by atoms with Crippen molar-refractivity contribution in [3.63, 3.8) is 0 Å². The second-order valence-corrected chi connectivity index (χ2v) is 6.71. The summed E-state index contributed by atoms with van der Waals surface area (Å²) in [6.07, 6.45) is 1.23. The predicted molar refractivity (Wildman–Crippen MR) is 88.3 cm³/mol. The zero-order chi connectivity index (χ0) is 16.7. The molecule has 2 aliphatic heterocycles. The summed E-state index contributed by atoms with van der Waals surface area (Å²) in [6.45, 7) is 6.54. The fourth-order valence-electron chi connectivity index (χ4n) is 2.79. The van der Waals surface area contributed by atoms with E-state index in [4.69, 9.17) is 4.74 Å². The number of amides is 2. The molecular formula is C15H25N3O4S. The summed E-state index contributed by atoms with van der Waals surface area (Å²) < 4.78 is 4.96. The Balaban J connectivity index is 1.72. The van der Waals surface area contributed by atoms with Crippen molar-refractivity contribution >= 4 is 28.9 Å². The van der Waals surface area contributed by atoms with Gasteiger partial charge >= 0.3 is 5.97 Å². The minimum absolute atomic E-state index is 0.0780. The van der Waals surface area contributed by atoms with Gasteiger partial charge in [0.05, 0.1) is 13.2 Å². The molecule has 2 fully saturated rings. The summed E-state index contributed by atoms with van der Waals surface area (Å²) in [5.74, 6) is 0.699. The average molecular weight is 343 g/mol. The summed E-state index contributed by atoms with van der Waals surface area (Å²) in [7, 11) is 0. The maximum absolute atomic E-state index is 12.3. The zero-order valence-corrected chi connectivity index (χ0v) is 14.5. The second-order valence-electron chi connectivity index (χ2n) is 5.67. The summed E-state index contributed by atoms with van der Waals surface area (Å²) in [5, 5.41) is 0.0780. The third kappa shape index (κ3) is 5.69. The Kier molecular flexibility index (Phi) is 7.16. The molecule has 0 aliphatic carbocycles. The minimum Gasteiger partial charge on any atom is -0.465 e. The quantitative estimate of drug-likeness (QED) is 0.659. The van der Waals surface area contributed by atoms with Crippen LogP contribution in [-0.4, -0.2) is 90.0 Å². The van der Waals surface area contributed by atoms with E-state index in [1.165, 1.54) is 11.8 Å². The number of rotatable bonds is 6. The highest BCUT2D eigenvalue weighted by molar-refractivity contribution is 8.13. The Bertz CT molecular complexity index is 446. The number of nitrogens with zero attached hydrogens (tertiary/aromatic N) is 3. The molecule has 0 aromatic carbocycles. The summed E-state index contributed by atoms with van der Waals surface area (Å²) >= 11 is 1.32. The van der Waals surface area contributed by atoms with Crippen molar-refractivity contribution in [2.24, 2.45) is 0 Å². The first-order valence-corrected chi connectivity index (χ1v) is 9.16. The molecule has 0 N–H and O–H groups in total. The second kappa shape index (κ2) is 9.12. The number of hydrogen-bond acceptors (Lipinski definition) is 6. The molecule has 2 heterocycles. The van der Waals surface area contributed by atoms with E-state index in [1.807, 2.05) is 9.80 Å². The molecule has 0 unspecified atom stereocenters. The maximum Gasteiger partial charge on any atom is 0.320 e. The van der Waals surface area contributed by atoms with Gasteiger partial charge in [0.1, 0.15) is 0 Å². The summed E-state index contributed by atoms with van der Waals surface area (Å²) in [4.78, 5) is 41.0. The monoisotopic (exact) mass is 343 g/mol. The van der Waals surface area contributed by atoms with Crippen LogP contribution in [0.2, 0.25) is 0 Å². The Morgan fingerprint density at radius 1 is 1.17 bits per heavy atom. The molecule has 0 atom stereocenters. The number of hydrogen-bond donors (Lipinski definition) is 0. The van der Waals surface area contributed by atoms with Gasteiger partial charge in [0, 0.05) is 51.4 Å². The molecule has 8 heteroatoms. The lowest BCUT2D eigenvalue weighted by Gasteiger charge is -2.22. The van der Waals surface area contributed by atoms with Gasteiger partial charge in [-0.15, -0.1) is 0 Å². The van der Waals surface area contributed by atoms with Crippen LogP contribution in [0, 0.1) is 0 Å². The van der Waals surface area contributed by atoms with E-state index in [0.717, 1.165) is 25.3 Å². The molecule has 2 saturated heterocycles. The van der Waals surface area contributed by atoms with Gasteiger partial charge in [-0.25, -0.2) is 0 Å². The van der Waals surface area contributed by atoms with Gasteiger partial charge in [0.2, 0.25) is 5.91 Å². The van der Waals surface area contributed by atoms with Crippen LogP contribution in [0.4, 0.5) is 4.79 Å². The first-order chi connectivity index (χ1) is 11.1. The van der Waals surface area contributed by atoms with Gasteiger partial charge in [-0.05, 0) is 13.3 Å². The molecule has 0 saturated carbocycles. The highest BCUT2D eigenvalue weighted by atomic mass is 32.2. The summed E-state index contributed by atoms with van der Waals surface area (Å²) in [6, 6.07) is 0. The van der Waals surface area contributed by atoms with E-state index >= 15 is 0 Å². The molecule has 2 amide bonds. The van der Waals surface area contributed by atoms with Crippen LogP contribution in [0.1, 0.15) is 19.8 Å². The first-order valence-electron chi connectivity index (χ1n) is 8.17. The van der Waals surface area contributed by atoms with Gasteiger partial charge in [-0.2, -0.15) is 0 Å². The van der Waals surface area contributed by atoms with E-state index in [0.29, 0.717) is 39.2 Å². The van der Waals surface area contributed by atoms with Crippen molar-refractivity contribution in [3.8, 4) is 0 Å². The van der Waals surface area contributed by atoms with Crippen LogP contribution in [0.3, 0.4) is 0 Å². The van der Waals surface area contributed by atoms with E-state index in [2.05, 4.69) is 0 Å². The van der Waals surface area contributed by atoms with E-state index in [-0.39, 0.29) is 23.7 Å². The van der Waals surface area contributed by atoms with Crippen LogP contribution >= 0.6 is 11.8 Å². The first kappa shape index (κ1) is 18.1. The van der Waals surface area contributed by atoms with E-state index < -0.39 is 0 Å². The summed E-state index contributed by atoms with van der Waals surface area (Å²) in [5.41, 5.74) is 0. The Labute approximate surface area is 141 Å². The lowest BCUT2D eigenvalue weighted by molar-refractivity contribution is -0.144. The molecule has 2 aliphatic rings. The van der Waals surface area contributed by atoms with Gasteiger partial charge < -0.3 is 14.5 Å². The molecule has 130 valence electrons. The normalized spacial score (nSPS) is 19.8. The largest absolute Gasteiger partial charge is 0.465 e. The number of carbonyl (C=O) groups excluding carboxylic acids is 3. The molecule has 2 rings (SSSR count). The van der Waals surface area contributed by atoms with Crippen molar-refractivity contribution in [2.45, 2.75) is 19.8 Å². The highest BCUT2D eigenvalue weighted by Gasteiger charge is 2.24. The van der Waals surface area contributed by atoms with Crippen molar-refractivity contribution in [3.05, 3.63) is 0 Å². The van der Waals surface area contributed by atoms with Crippen molar-refractivity contribution in [2.75, 3.05) is 58.2 Å². The average Bonchev–Trinajstić information content (AvgIpc) is 2.79. The lowest BCUT2D eigenvalue weighted by atomic mass is 10.3. The van der Waals surface area contributed by atoms with Crippen molar-refractivity contribution < 1.29 is 19.1 Å². The van der Waals surface area contributed by atoms with Crippen LogP contribution in [0.25, 0.3) is 0 Å². The van der Waals surface area contributed by atoms with Crippen LogP contribution in [0.15, 0.2) is 0 Å². The van der Waals surface area contributed by atoms with Gasteiger partial charge in [-0.1, -0.05) is 11.8 Å². The standard InChI is InChI=1S/C15H25N3O4S/c1-2-22-14(20)12-16-5-3-6-17(9-8-16)13(19)4-7-18-10-11-23-15(18)21/h2-12H2,1H3. The van der Waals surface area contributed by atoms with E-state index in [1.54, 1.807) is 11.8 Å². The van der Waals surface area contributed by atoms with Crippen molar-refractivity contribution in [1.29, 1.82) is 0 Å². The number of ether oxygens (including phenoxy) is 1. The molecule has 0 bridgehead atoms. The molecule has 0 radical (unpaired) electrons. The number of thioether (sulfide) groups is 1. The highest BCUT2D eigenvalue weighted by Crippen LogP contribution is 2.17. The topological polar surface area (TPSA) is 70.2 Å². The zero-order valence-electron chi connectivity index (χ0n) is 13.7. The molecule has 7 nitrogen and oxygen atoms in total. The van der Waals surface area contributed by atoms with Crippen LogP contribution in [0.5, 0.6) is 0 Å². The number of esters is 1. The Morgan fingerprint density at radius 2 is 2.00 bits per heavy atom. The Morgan fingerprint density at radius 3 is 2.70 bits per heavy atom. The third-order valence-electron chi connectivity index (χ3n) is 4.04. The fourth-order valence-corrected chi connectivity index (χ4v) is 3.64. The molecule has 23 heavy (non-hydrogen) atoms. The molecular weight excluding hydrogens is 318 g/mol. The predicted octanol–water partition coefficient (Wildman–Crippen LogP) is 0.643. The Hall–Kier alpha value is -1.28. The third-order valence-corrected chi connectivity index (χ3v) is 4.93. The SMILES string of the molecule is CCOC(=O)CN1CCCN(C(=O)CCN2CCSC2=O)CC1. The van der Waals surface area contributed by atoms with Crippen molar-refractivity contribution in [1.82, 2.24) is 14.7 Å². The van der Waals surface area contributed by atoms with Gasteiger partial charge in [-0.3, -0.25) is 19.3 Å². The van der Waals surface area contributed by atoms with Crippen LogP contribution < -0.4 is 0 Å². The maximum atomic E-state index is 12.3.